The molecule has 4 heteroatoms. The highest BCUT2D eigenvalue weighted by Gasteiger charge is 2.80. The number of hydrogen-bond acceptors (Lipinski definition) is 3. The van der Waals surface area contributed by atoms with Gasteiger partial charge < -0.3 is 0 Å². The number of nitrogens with zero attached hydrogens (tertiary/aromatic N) is 1. The lowest BCUT2D eigenvalue weighted by Crippen LogP contribution is -2.48. The number of aromatic nitrogens is 1. The van der Waals surface area contributed by atoms with Crippen LogP contribution >= 0.6 is 0 Å². The summed E-state index contributed by atoms with van der Waals surface area (Å²) < 4.78 is 14.1. The Bertz CT molecular complexity index is 999. The van der Waals surface area contributed by atoms with Gasteiger partial charge in [0.2, 0.25) is 0 Å². The third-order valence-electron chi connectivity index (χ3n) is 7.19. The summed E-state index contributed by atoms with van der Waals surface area (Å²) in [6.07, 6.45) is 3.59. The lowest BCUT2D eigenvalue weighted by molar-refractivity contribution is -0.136. The van der Waals surface area contributed by atoms with Crippen molar-refractivity contribution in [2.45, 2.75) is 36.5 Å². The van der Waals surface area contributed by atoms with Crippen molar-refractivity contribution in [3.05, 3.63) is 53.5 Å². The van der Waals surface area contributed by atoms with Crippen LogP contribution in [0.3, 0.4) is 0 Å². The molecule has 0 radical (unpaired) electrons. The van der Waals surface area contributed by atoms with E-state index in [1.807, 2.05) is 12.1 Å². The summed E-state index contributed by atoms with van der Waals surface area (Å²) in [5.41, 5.74) is 2.07. The Morgan fingerprint density at radius 1 is 0.958 bits per heavy atom. The minimum atomic E-state index is -0.832. The van der Waals surface area contributed by atoms with Crippen LogP contribution in [0.25, 0.3) is 11.3 Å². The van der Waals surface area contributed by atoms with Crippen molar-refractivity contribution in [2.75, 3.05) is 0 Å². The second kappa shape index (κ2) is 3.51. The zero-order valence-corrected chi connectivity index (χ0v) is 12.9. The molecule has 0 saturated heterocycles. The number of hydrogen-bond donors (Lipinski definition) is 0. The van der Waals surface area contributed by atoms with Gasteiger partial charge in [-0.3, -0.25) is 14.6 Å². The second-order valence-electron chi connectivity index (χ2n) is 7.89. The van der Waals surface area contributed by atoms with E-state index < -0.39 is 10.8 Å². The Balaban J connectivity index is 1.79. The first-order valence-corrected chi connectivity index (χ1v) is 8.35. The maximum atomic E-state index is 14.1. The molecule has 2 aromatic rings. The van der Waals surface area contributed by atoms with E-state index in [9.17, 15) is 14.0 Å². The molecular formula is C20H14FNO2. The van der Waals surface area contributed by atoms with Crippen LogP contribution in [0.5, 0.6) is 0 Å². The third-order valence-corrected chi connectivity index (χ3v) is 7.19. The largest absolute Gasteiger partial charge is 0.299 e. The number of carbonyl (C=O) groups excluding carboxylic acids is 2. The highest BCUT2D eigenvalue weighted by Crippen LogP contribution is 2.78. The molecule has 3 unspecified atom stereocenters. The molecule has 1 aromatic heterocycles. The number of fused-ring (bicyclic) bond motifs is 3. The summed E-state index contributed by atoms with van der Waals surface area (Å²) in [6.45, 7) is 0. The van der Waals surface area contributed by atoms with Gasteiger partial charge in [-0.25, -0.2) is 4.39 Å². The van der Waals surface area contributed by atoms with Crippen LogP contribution in [0, 0.1) is 11.2 Å². The number of carbonyl (C=O) groups is 2. The third kappa shape index (κ3) is 1.05. The number of benzene rings is 1. The van der Waals surface area contributed by atoms with Gasteiger partial charge in [0, 0.05) is 35.4 Å². The summed E-state index contributed by atoms with van der Waals surface area (Å²) >= 11 is 0. The van der Waals surface area contributed by atoms with Crippen molar-refractivity contribution >= 4 is 11.6 Å². The molecule has 3 spiro atoms. The summed E-state index contributed by atoms with van der Waals surface area (Å²) in [5, 5.41) is 0. The smallest absolute Gasteiger partial charge is 0.147 e. The molecule has 3 saturated carbocycles. The molecule has 0 aliphatic heterocycles. The second-order valence-corrected chi connectivity index (χ2v) is 7.89. The quantitative estimate of drug-likeness (QED) is 0.701. The minimum absolute atomic E-state index is 0.0585. The molecule has 1 heterocycles. The summed E-state index contributed by atoms with van der Waals surface area (Å²) in [5.74, 6) is -0.154. The minimum Gasteiger partial charge on any atom is -0.299 e. The van der Waals surface area contributed by atoms with Gasteiger partial charge in [-0.1, -0.05) is 6.07 Å². The number of ketones is 2. The van der Waals surface area contributed by atoms with E-state index in [-0.39, 0.29) is 22.8 Å². The highest BCUT2D eigenvalue weighted by molar-refractivity contribution is 6.15. The van der Waals surface area contributed by atoms with E-state index >= 15 is 0 Å². The van der Waals surface area contributed by atoms with E-state index in [1.54, 1.807) is 18.3 Å². The van der Waals surface area contributed by atoms with Gasteiger partial charge in [-0.15, -0.1) is 0 Å². The first kappa shape index (κ1) is 13.0. The van der Waals surface area contributed by atoms with Gasteiger partial charge in [-0.05, 0) is 48.2 Å². The van der Waals surface area contributed by atoms with Gasteiger partial charge in [0.25, 0.3) is 0 Å². The van der Waals surface area contributed by atoms with Crippen molar-refractivity contribution in [1.82, 2.24) is 4.98 Å². The number of pyridine rings is 1. The molecule has 118 valence electrons. The average Bonchev–Trinajstić information content (AvgIpc) is 3.14. The summed E-state index contributed by atoms with van der Waals surface area (Å²) in [6, 6.07) is 8.76. The fraction of sp³-hybridized carbons (Fsp3) is 0.350. The predicted molar refractivity (Wildman–Crippen MR) is 83.9 cm³/mol. The monoisotopic (exact) mass is 319 g/mol. The SMILES string of the molecule is O=C1CC23CC14CC2(CC4=O)c1cccnc1-c1ccc(F)cc13. The highest BCUT2D eigenvalue weighted by atomic mass is 19.1. The van der Waals surface area contributed by atoms with E-state index in [2.05, 4.69) is 4.98 Å². The Morgan fingerprint density at radius 3 is 2.42 bits per heavy atom. The molecule has 3 nitrogen and oxygen atoms in total. The molecule has 3 bridgehead atoms. The lowest BCUT2D eigenvalue weighted by atomic mass is 9.52. The first-order chi connectivity index (χ1) is 11.5. The van der Waals surface area contributed by atoms with E-state index in [0.29, 0.717) is 25.7 Å². The van der Waals surface area contributed by atoms with Gasteiger partial charge in [0.15, 0.2) is 0 Å². The molecule has 3 fully saturated rings. The molecule has 24 heavy (non-hydrogen) atoms. The standard InChI is InChI=1S/C20H14FNO2/c21-11-3-4-12-14(6-11)20-8-16(24)18(10-20)9-19(20,7-15(18)23)13-2-1-5-22-17(12)13/h1-6H,7-10H2. The molecule has 1 aromatic carbocycles. The van der Waals surface area contributed by atoms with E-state index in [0.717, 1.165) is 22.4 Å². The van der Waals surface area contributed by atoms with Crippen molar-refractivity contribution < 1.29 is 14.0 Å². The zero-order valence-electron chi connectivity index (χ0n) is 12.9. The van der Waals surface area contributed by atoms with Gasteiger partial charge in [0.1, 0.15) is 17.4 Å². The molecule has 3 atom stereocenters. The Kier molecular flexibility index (Phi) is 1.90. The molecule has 4 aliphatic carbocycles. The number of rotatable bonds is 0. The molecule has 4 aliphatic rings. The molecule has 0 N–H and O–H groups in total. The fourth-order valence-corrected chi connectivity index (χ4v) is 6.35. The lowest BCUT2D eigenvalue weighted by Gasteiger charge is -2.49. The van der Waals surface area contributed by atoms with Crippen LogP contribution in [0.2, 0.25) is 0 Å². The van der Waals surface area contributed by atoms with Crippen LogP contribution in [0.15, 0.2) is 36.5 Å². The Morgan fingerprint density at radius 2 is 1.67 bits per heavy atom. The van der Waals surface area contributed by atoms with Crippen molar-refractivity contribution in [3.8, 4) is 11.3 Å². The number of halogens is 1. The Hall–Kier alpha value is -2.36. The van der Waals surface area contributed by atoms with Crippen molar-refractivity contribution in [3.63, 3.8) is 0 Å². The average molecular weight is 319 g/mol. The van der Waals surface area contributed by atoms with Gasteiger partial charge in [-0.2, -0.15) is 0 Å². The first-order valence-electron chi connectivity index (χ1n) is 8.35. The maximum Gasteiger partial charge on any atom is 0.147 e. The van der Waals surface area contributed by atoms with Crippen molar-refractivity contribution in [1.29, 1.82) is 0 Å². The summed E-state index contributed by atoms with van der Waals surface area (Å²) in [7, 11) is 0. The van der Waals surface area contributed by atoms with E-state index in [1.165, 1.54) is 6.07 Å². The fourth-order valence-electron chi connectivity index (χ4n) is 6.35. The van der Waals surface area contributed by atoms with E-state index in [4.69, 9.17) is 0 Å². The Labute approximate surface area is 137 Å². The predicted octanol–water partition coefficient (Wildman–Crippen LogP) is 3.10. The van der Waals surface area contributed by atoms with Gasteiger partial charge in [0.05, 0.1) is 11.1 Å². The topological polar surface area (TPSA) is 47.0 Å². The van der Waals surface area contributed by atoms with Crippen molar-refractivity contribution in [2.24, 2.45) is 5.41 Å². The van der Waals surface area contributed by atoms with Gasteiger partial charge >= 0.3 is 0 Å². The molecule has 0 amide bonds. The zero-order chi connectivity index (χ0) is 16.3. The molecule has 6 rings (SSSR count). The number of Topliss-reactive ketones (excluding diaryl/α,β-unsaturated/α-hetero) is 2. The van der Waals surface area contributed by atoms with Crippen LogP contribution in [0.1, 0.15) is 36.8 Å². The van der Waals surface area contributed by atoms with Crippen LogP contribution < -0.4 is 0 Å². The maximum absolute atomic E-state index is 14.1. The van der Waals surface area contributed by atoms with Crippen LogP contribution in [0.4, 0.5) is 4.39 Å². The summed E-state index contributed by atoms with van der Waals surface area (Å²) in [4.78, 5) is 30.1. The normalized spacial score (nSPS) is 37.4. The molecular weight excluding hydrogens is 305 g/mol. The van der Waals surface area contributed by atoms with Crippen LogP contribution in [-0.2, 0) is 20.4 Å². The van der Waals surface area contributed by atoms with Crippen LogP contribution in [-0.4, -0.2) is 16.6 Å².